The average molecular weight is 481 g/mol. The van der Waals surface area contributed by atoms with Crippen LogP contribution >= 0.6 is 0 Å². The molecule has 0 aliphatic carbocycles. The van der Waals surface area contributed by atoms with E-state index in [2.05, 4.69) is 15.3 Å². The summed E-state index contributed by atoms with van der Waals surface area (Å²) in [5.74, 6) is 0.248. The molecule has 0 spiro atoms. The monoisotopic (exact) mass is 480 g/mol. The van der Waals surface area contributed by atoms with Gasteiger partial charge in [0.2, 0.25) is 15.9 Å². The van der Waals surface area contributed by atoms with E-state index in [4.69, 9.17) is 9.47 Å². The summed E-state index contributed by atoms with van der Waals surface area (Å²) >= 11 is 0. The lowest BCUT2D eigenvalue weighted by Gasteiger charge is -2.26. The molecule has 0 atom stereocenters. The Bertz CT molecular complexity index is 1270. The lowest BCUT2D eigenvalue weighted by Crippen LogP contribution is -2.40. The van der Waals surface area contributed by atoms with E-state index >= 15 is 0 Å². The van der Waals surface area contributed by atoms with E-state index in [0.717, 1.165) is 5.56 Å². The molecule has 176 valence electrons. The minimum atomic E-state index is -3.55. The summed E-state index contributed by atoms with van der Waals surface area (Å²) in [6.45, 7) is 3.33. The SMILES string of the molecule is Cc1cc(Oc2ncccn2)ccc1NC(=O)/C=C/c1ccc(S(=O)(=O)N2CCOCC2)cc1. The van der Waals surface area contributed by atoms with Crippen molar-refractivity contribution in [2.45, 2.75) is 11.8 Å². The zero-order valence-electron chi connectivity index (χ0n) is 18.5. The van der Waals surface area contributed by atoms with Crippen molar-refractivity contribution < 1.29 is 22.7 Å². The quantitative estimate of drug-likeness (QED) is 0.517. The average Bonchev–Trinajstić information content (AvgIpc) is 2.86. The van der Waals surface area contributed by atoms with Crippen molar-refractivity contribution in [3.63, 3.8) is 0 Å². The molecule has 4 rings (SSSR count). The molecule has 1 saturated heterocycles. The maximum atomic E-state index is 12.7. The van der Waals surface area contributed by atoms with E-state index < -0.39 is 10.0 Å². The topological polar surface area (TPSA) is 111 Å². The Morgan fingerprint density at radius 3 is 2.47 bits per heavy atom. The van der Waals surface area contributed by atoms with Crippen LogP contribution < -0.4 is 10.1 Å². The van der Waals surface area contributed by atoms with Gasteiger partial charge in [-0.3, -0.25) is 4.79 Å². The maximum absolute atomic E-state index is 12.7. The predicted molar refractivity (Wildman–Crippen MR) is 127 cm³/mol. The van der Waals surface area contributed by atoms with Crippen LogP contribution in [-0.2, 0) is 19.6 Å². The van der Waals surface area contributed by atoms with Crippen LogP contribution in [0.15, 0.2) is 71.9 Å². The standard InChI is InChI=1S/C24H24N4O5S/c1-18-17-20(33-24-25-11-2-12-26-24)6-9-22(18)27-23(29)10-5-19-3-7-21(8-4-19)34(30,31)28-13-15-32-16-14-28/h2-12,17H,13-16H2,1H3,(H,27,29)/b10-5+. The highest BCUT2D eigenvalue weighted by Gasteiger charge is 2.25. The molecule has 9 nitrogen and oxygen atoms in total. The van der Waals surface area contributed by atoms with E-state index in [9.17, 15) is 13.2 Å². The summed E-state index contributed by atoms with van der Waals surface area (Å²) in [5.41, 5.74) is 2.16. The number of anilines is 1. The smallest absolute Gasteiger partial charge is 0.321 e. The Balaban J connectivity index is 1.36. The third kappa shape index (κ3) is 5.84. The van der Waals surface area contributed by atoms with Gasteiger partial charge in [-0.25, -0.2) is 18.4 Å². The van der Waals surface area contributed by atoms with Crippen molar-refractivity contribution in [2.75, 3.05) is 31.6 Å². The molecule has 0 unspecified atom stereocenters. The van der Waals surface area contributed by atoms with Crippen molar-refractivity contribution in [3.8, 4) is 11.8 Å². The highest BCUT2D eigenvalue weighted by molar-refractivity contribution is 7.89. The number of benzene rings is 2. The number of hydrogen-bond donors (Lipinski definition) is 1. The summed E-state index contributed by atoms with van der Waals surface area (Å²) in [7, 11) is -3.55. The molecule has 34 heavy (non-hydrogen) atoms. The molecule has 2 heterocycles. The second-order valence-corrected chi connectivity index (χ2v) is 9.46. The fourth-order valence-corrected chi connectivity index (χ4v) is 4.72. The van der Waals surface area contributed by atoms with Gasteiger partial charge in [0.05, 0.1) is 18.1 Å². The summed E-state index contributed by atoms with van der Waals surface area (Å²) in [5, 5.41) is 2.82. The molecule has 0 radical (unpaired) electrons. The number of nitrogens with zero attached hydrogens (tertiary/aromatic N) is 3. The molecule has 1 amide bonds. The Labute approximate surface area is 198 Å². The Kier molecular flexibility index (Phi) is 7.31. The number of morpholine rings is 1. The molecule has 2 aromatic carbocycles. The number of nitrogens with one attached hydrogen (secondary N) is 1. The van der Waals surface area contributed by atoms with Gasteiger partial charge in [-0.05, 0) is 60.5 Å². The van der Waals surface area contributed by atoms with Gasteiger partial charge in [-0.1, -0.05) is 12.1 Å². The summed E-state index contributed by atoms with van der Waals surface area (Å²) in [4.78, 5) is 20.6. The normalized spacial score (nSPS) is 14.7. The van der Waals surface area contributed by atoms with Gasteiger partial charge in [0.25, 0.3) is 0 Å². The molecular formula is C24H24N4O5S. The first kappa shape index (κ1) is 23.6. The number of aryl methyl sites for hydroxylation is 1. The van der Waals surface area contributed by atoms with Crippen molar-refractivity contribution in [1.29, 1.82) is 0 Å². The number of carbonyl (C=O) groups is 1. The fourth-order valence-electron chi connectivity index (χ4n) is 3.32. The number of sulfonamides is 1. The first-order valence-electron chi connectivity index (χ1n) is 10.6. The van der Waals surface area contributed by atoms with Crippen LogP contribution in [0.4, 0.5) is 5.69 Å². The minimum absolute atomic E-state index is 0.217. The first-order chi connectivity index (χ1) is 16.4. The van der Waals surface area contributed by atoms with E-state index in [1.165, 1.54) is 10.4 Å². The fraction of sp³-hybridized carbons (Fsp3) is 0.208. The zero-order valence-corrected chi connectivity index (χ0v) is 19.4. The molecule has 3 aromatic rings. The summed E-state index contributed by atoms with van der Waals surface area (Å²) in [6.07, 6.45) is 6.20. The molecule has 0 bridgehead atoms. The number of hydrogen-bond acceptors (Lipinski definition) is 7. The van der Waals surface area contributed by atoms with Gasteiger partial charge in [0.15, 0.2) is 0 Å². The minimum Gasteiger partial charge on any atom is -0.424 e. The van der Waals surface area contributed by atoms with Crippen LogP contribution in [0.25, 0.3) is 6.08 Å². The molecule has 1 N–H and O–H groups in total. The third-order valence-electron chi connectivity index (χ3n) is 5.12. The lowest BCUT2D eigenvalue weighted by molar-refractivity contribution is -0.111. The molecule has 1 aromatic heterocycles. The maximum Gasteiger partial charge on any atom is 0.321 e. The Hall–Kier alpha value is -3.60. The first-order valence-corrected chi connectivity index (χ1v) is 12.1. The highest BCUT2D eigenvalue weighted by Crippen LogP contribution is 2.24. The number of ether oxygens (including phenoxy) is 2. The van der Waals surface area contributed by atoms with E-state index in [0.29, 0.717) is 43.3 Å². The van der Waals surface area contributed by atoms with Crippen LogP contribution in [-0.4, -0.2) is 54.9 Å². The van der Waals surface area contributed by atoms with Gasteiger partial charge < -0.3 is 14.8 Å². The largest absolute Gasteiger partial charge is 0.424 e. The third-order valence-corrected chi connectivity index (χ3v) is 7.03. The molecule has 1 fully saturated rings. The number of carbonyl (C=O) groups excluding carboxylic acids is 1. The molecule has 0 saturated carbocycles. The van der Waals surface area contributed by atoms with Crippen molar-refractivity contribution in [2.24, 2.45) is 0 Å². The molecule has 1 aliphatic rings. The van der Waals surface area contributed by atoms with Crippen LogP contribution in [0.1, 0.15) is 11.1 Å². The van der Waals surface area contributed by atoms with Crippen molar-refractivity contribution in [1.82, 2.24) is 14.3 Å². The van der Waals surface area contributed by atoms with Crippen LogP contribution in [0, 0.1) is 6.92 Å². The number of rotatable bonds is 7. The van der Waals surface area contributed by atoms with Gasteiger partial charge >= 0.3 is 6.01 Å². The van der Waals surface area contributed by atoms with Gasteiger partial charge in [0, 0.05) is 37.2 Å². The van der Waals surface area contributed by atoms with Gasteiger partial charge in [-0.2, -0.15) is 4.31 Å². The van der Waals surface area contributed by atoms with E-state index in [-0.39, 0.29) is 16.8 Å². The van der Waals surface area contributed by atoms with Crippen LogP contribution in [0.2, 0.25) is 0 Å². The number of amides is 1. The number of aromatic nitrogens is 2. The van der Waals surface area contributed by atoms with Crippen LogP contribution in [0.3, 0.4) is 0 Å². The van der Waals surface area contributed by atoms with Gasteiger partial charge in [0.1, 0.15) is 5.75 Å². The Morgan fingerprint density at radius 1 is 1.09 bits per heavy atom. The lowest BCUT2D eigenvalue weighted by atomic mass is 10.2. The summed E-state index contributed by atoms with van der Waals surface area (Å²) in [6, 6.07) is 13.6. The van der Waals surface area contributed by atoms with Gasteiger partial charge in [-0.15, -0.1) is 0 Å². The zero-order chi connectivity index (χ0) is 24.0. The summed E-state index contributed by atoms with van der Waals surface area (Å²) < 4.78 is 37.6. The molecule has 1 aliphatic heterocycles. The highest BCUT2D eigenvalue weighted by atomic mass is 32.2. The predicted octanol–water partition coefficient (Wildman–Crippen LogP) is 3.25. The molecular weight excluding hydrogens is 456 g/mol. The Morgan fingerprint density at radius 2 is 1.79 bits per heavy atom. The molecule has 10 heteroatoms. The second-order valence-electron chi connectivity index (χ2n) is 7.52. The van der Waals surface area contributed by atoms with E-state index in [1.54, 1.807) is 67.0 Å². The van der Waals surface area contributed by atoms with Crippen LogP contribution in [0.5, 0.6) is 11.8 Å². The van der Waals surface area contributed by atoms with Crippen molar-refractivity contribution in [3.05, 3.63) is 78.1 Å². The van der Waals surface area contributed by atoms with Crippen molar-refractivity contribution >= 4 is 27.7 Å². The van der Waals surface area contributed by atoms with E-state index in [1.807, 2.05) is 6.92 Å². The second kappa shape index (κ2) is 10.6.